The molecule has 0 saturated carbocycles. The minimum absolute atomic E-state index is 0.348. The molecule has 0 saturated heterocycles. The number of ketones is 1. The summed E-state index contributed by atoms with van der Waals surface area (Å²) in [6, 6.07) is 11.8. The van der Waals surface area contributed by atoms with Gasteiger partial charge in [-0.05, 0) is 35.4 Å². The molecule has 0 atom stereocenters. The number of carbonyl (C=O) groups is 2. The Morgan fingerprint density at radius 1 is 0.950 bits per heavy atom. The molecule has 0 aromatic heterocycles. The second-order valence-corrected chi connectivity index (χ2v) is 5.11. The number of hydrogen-bond donors (Lipinski definition) is 1. The zero-order valence-electron chi connectivity index (χ0n) is 10.3. The summed E-state index contributed by atoms with van der Waals surface area (Å²) in [6.07, 6.45) is -0.528. The molecule has 102 valence electrons. The molecule has 0 unspecified atom stereocenters. The highest BCUT2D eigenvalue weighted by molar-refractivity contribution is 6.35. The van der Waals surface area contributed by atoms with Gasteiger partial charge in [0.05, 0.1) is 0 Å². The van der Waals surface area contributed by atoms with Gasteiger partial charge in [0.25, 0.3) is 0 Å². The van der Waals surface area contributed by atoms with Crippen LogP contribution in [0.25, 0.3) is 11.1 Å². The molecule has 5 heteroatoms. The van der Waals surface area contributed by atoms with E-state index in [1.54, 1.807) is 42.5 Å². The largest absolute Gasteiger partial charge is 0.481 e. The van der Waals surface area contributed by atoms with E-state index in [1.807, 2.05) is 0 Å². The molecule has 0 amide bonds. The summed E-state index contributed by atoms with van der Waals surface area (Å²) in [5.74, 6) is -1.58. The average Bonchev–Trinajstić information content (AvgIpc) is 2.37. The highest BCUT2D eigenvalue weighted by Crippen LogP contribution is 2.27. The van der Waals surface area contributed by atoms with Crippen LogP contribution in [0.15, 0.2) is 42.5 Å². The molecule has 0 aliphatic rings. The summed E-state index contributed by atoms with van der Waals surface area (Å²) in [6.45, 7) is 0. The third kappa shape index (κ3) is 3.59. The van der Waals surface area contributed by atoms with Crippen LogP contribution >= 0.6 is 23.2 Å². The molecule has 0 radical (unpaired) electrons. The zero-order chi connectivity index (χ0) is 14.7. The predicted octanol–water partition coefficient (Wildman–Crippen LogP) is 4.32. The van der Waals surface area contributed by atoms with Crippen molar-refractivity contribution in [2.24, 2.45) is 0 Å². The van der Waals surface area contributed by atoms with Crippen LogP contribution in [0.1, 0.15) is 16.8 Å². The Bertz CT molecular complexity index is 660. The summed E-state index contributed by atoms with van der Waals surface area (Å²) in [5, 5.41) is 9.64. The van der Waals surface area contributed by atoms with Crippen LogP contribution in [0.4, 0.5) is 0 Å². The topological polar surface area (TPSA) is 54.4 Å². The Hall–Kier alpha value is -1.84. The van der Waals surface area contributed by atoms with Crippen LogP contribution in [0, 0.1) is 0 Å². The van der Waals surface area contributed by atoms with Gasteiger partial charge in [-0.15, -0.1) is 0 Å². The second-order valence-electron chi connectivity index (χ2n) is 4.23. The molecule has 0 bridgehead atoms. The summed E-state index contributed by atoms with van der Waals surface area (Å²) in [5.41, 5.74) is 1.87. The standard InChI is InChI=1S/C15H10Cl2O3/c16-12-5-11(6-13(17)7-12)9-2-1-3-10(4-9)14(18)8-15(19)20/h1-7H,8H2,(H,19,20). The van der Waals surface area contributed by atoms with Gasteiger partial charge in [0.2, 0.25) is 0 Å². The number of Topliss-reactive ketones (excluding diaryl/α,β-unsaturated/α-hetero) is 1. The Morgan fingerprint density at radius 3 is 2.20 bits per heavy atom. The smallest absolute Gasteiger partial charge is 0.311 e. The van der Waals surface area contributed by atoms with Crippen molar-refractivity contribution in [3.63, 3.8) is 0 Å². The molecule has 1 N–H and O–H groups in total. The number of rotatable bonds is 4. The molecule has 0 fully saturated rings. The van der Waals surface area contributed by atoms with Gasteiger partial charge in [0.15, 0.2) is 5.78 Å². The summed E-state index contributed by atoms with van der Waals surface area (Å²) < 4.78 is 0. The molecule has 0 aliphatic heterocycles. The number of hydrogen-bond acceptors (Lipinski definition) is 2. The Morgan fingerprint density at radius 2 is 1.60 bits per heavy atom. The summed E-state index contributed by atoms with van der Waals surface area (Å²) in [4.78, 5) is 22.3. The Kier molecular flexibility index (Phi) is 4.42. The van der Waals surface area contributed by atoms with Crippen LogP contribution in [0.3, 0.4) is 0 Å². The first-order valence-corrected chi connectivity index (χ1v) is 6.53. The molecule has 2 aromatic rings. The van der Waals surface area contributed by atoms with Crippen molar-refractivity contribution in [3.05, 3.63) is 58.1 Å². The van der Waals surface area contributed by atoms with Crippen molar-refractivity contribution >= 4 is 35.0 Å². The Balaban J connectivity index is 2.39. The van der Waals surface area contributed by atoms with E-state index in [0.717, 1.165) is 11.1 Å². The van der Waals surface area contributed by atoms with E-state index in [-0.39, 0.29) is 0 Å². The van der Waals surface area contributed by atoms with Gasteiger partial charge in [-0.1, -0.05) is 41.4 Å². The molecule has 2 rings (SSSR count). The van der Waals surface area contributed by atoms with Crippen molar-refractivity contribution in [2.75, 3.05) is 0 Å². The van der Waals surface area contributed by atoms with Crippen molar-refractivity contribution in [1.29, 1.82) is 0 Å². The molecule has 2 aromatic carbocycles. The lowest BCUT2D eigenvalue weighted by atomic mass is 10.0. The van der Waals surface area contributed by atoms with E-state index in [9.17, 15) is 9.59 Å². The first kappa shape index (κ1) is 14.6. The third-order valence-corrected chi connectivity index (χ3v) is 3.13. The minimum Gasteiger partial charge on any atom is -0.481 e. The number of benzene rings is 2. The normalized spacial score (nSPS) is 10.3. The molecular formula is C15H10Cl2O3. The van der Waals surface area contributed by atoms with E-state index in [0.29, 0.717) is 15.6 Å². The van der Waals surface area contributed by atoms with Gasteiger partial charge in [-0.2, -0.15) is 0 Å². The van der Waals surface area contributed by atoms with Gasteiger partial charge in [0, 0.05) is 15.6 Å². The second kappa shape index (κ2) is 6.07. The average molecular weight is 309 g/mol. The fourth-order valence-corrected chi connectivity index (χ4v) is 2.36. The summed E-state index contributed by atoms with van der Waals surface area (Å²) in [7, 11) is 0. The lowest BCUT2D eigenvalue weighted by Gasteiger charge is -2.06. The van der Waals surface area contributed by atoms with Crippen molar-refractivity contribution in [2.45, 2.75) is 6.42 Å². The summed E-state index contributed by atoms with van der Waals surface area (Å²) >= 11 is 11.9. The number of aliphatic carboxylic acids is 1. The maximum atomic E-state index is 11.7. The van der Waals surface area contributed by atoms with E-state index >= 15 is 0 Å². The van der Waals surface area contributed by atoms with E-state index < -0.39 is 18.2 Å². The first-order valence-electron chi connectivity index (χ1n) is 5.77. The monoisotopic (exact) mass is 308 g/mol. The molecular weight excluding hydrogens is 299 g/mol. The zero-order valence-corrected chi connectivity index (χ0v) is 11.8. The molecule has 0 spiro atoms. The maximum absolute atomic E-state index is 11.7. The van der Waals surface area contributed by atoms with E-state index in [4.69, 9.17) is 28.3 Å². The fourth-order valence-electron chi connectivity index (χ4n) is 1.83. The first-order chi connectivity index (χ1) is 9.45. The molecule has 0 aliphatic carbocycles. The molecule has 3 nitrogen and oxygen atoms in total. The van der Waals surface area contributed by atoms with Crippen LogP contribution in [-0.2, 0) is 4.79 Å². The number of halogens is 2. The van der Waals surface area contributed by atoms with Crippen molar-refractivity contribution < 1.29 is 14.7 Å². The maximum Gasteiger partial charge on any atom is 0.311 e. The number of carboxylic acid groups (broad SMARTS) is 1. The lowest BCUT2D eigenvalue weighted by Crippen LogP contribution is -2.06. The number of carboxylic acids is 1. The lowest BCUT2D eigenvalue weighted by molar-refractivity contribution is -0.135. The predicted molar refractivity (Wildman–Crippen MR) is 78.5 cm³/mol. The van der Waals surface area contributed by atoms with E-state index in [1.165, 1.54) is 0 Å². The van der Waals surface area contributed by atoms with Crippen LogP contribution in [0.5, 0.6) is 0 Å². The van der Waals surface area contributed by atoms with E-state index in [2.05, 4.69) is 0 Å². The van der Waals surface area contributed by atoms with Gasteiger partial charge in [-0.25, -0.2) is 0 Å². The van der Waals surface area contributed by atoms with Gasteiger partial charge >= 0.3 is 5.97 Å². The minimum atomic E-state index is -1.15. The third-order valence-electron chi connectivity index (χ3n) is 2.69. The van der Waals surface area contributed by atoms with Crippen LogP contribution < -0.4 is 0 Å². The van der Waals surface area contributed by atoms with Gasteiger partial charge < -0.3 is 5.11 Å². The SMILES string of the molecule is O=C(O)CC(=O)c1cccc(-c2cc(Cl)cc(Cl)c2)c1. The quantitative estimate of drug-likeness (QED) is 0.676. The van der Waals surface area contributed by atoms with Crippen molar-refractivity contribution in [1.82, 2.24) is 0 Å². The van der Waals surface area contributed by atoms with Crippen molar-refractivity contribution in [3.8, 4) is 11.1 Å². The van der Waals surface area contributed by atoms with Crippen LogP contribution in [-0.4, -0.2) is 16.9 Å². The highest BCUT2D eigenvalue weighted by atomic mass is 35.5. The number of carbonyl (C=O) groups excluding carboxylic acids is 1. The highest BCUT2D eigenvalue weighted by Gasteiger charge is 2.11. The molecule has 20 heavy (non-hydrogen) atoms. The van der Waals surface area contributed by atoms with Crippen LogP contribution in [0.2, 0.25) is 10.0 Å². The fraction of sp³-hybridized carbons (Fsp3) is 0.0667. The van der Waals surface area contributed by atoms with Gasteiger partial charge in [-0.3, -0.25) is 9.59 Å². The van der Waals surface area contributed by atoms with Gasteiger partial charge in [0.1, 0.15) is 6.42 Å². The Labute approximate surface area is 125 Å². The molecule has 0 heterocycles.